The molecule has 0 unspecified atom stereocenters. The van der Waals surface area contributed by atoms with Crippen molar-refractivity contribution in [3.8, 4) is 5.75 Å². The SMILES string of the molecule is CCc1ccc(Nc2ncc(C(=O)Nc3cc(C)ccc3OC)cn2)cc1. The molecule has 0 saturated heterocycles. The number of ether oxygens (including phenoxy) is 1. The summed E-state index contributed by atoms with van der Waals surface area (Å²) in [7, 11) is 1.57. The van der Waals surface area contributed by atoms with Crippen LogP contribution in [0.1, 0.15) is 28.4 Å². The van der Waals surface area contributed by atoms with Gasteiger partial charge in [0, 0.05) is 18.1 Å². The molecule has 0 aliphatic heterocycles. The Kier molecular flexibility index (Phi) is 5.66. The van der Waals surface area contributed by atoms with Crippen LogP contribution in [0.4, 0.5) is 17.3 Å². The predicted molar refractivity (Wildman–Crippen MR) is 107 cm³/mol. The minimum atomic E-state index is -0.294. The molecule has 0 aliphatic carbocycles. The van der Waals surface area contributed by atoms with E-state index in [0.29, 0.717) is 22.9 Å². The molecule has 1 aromatic heterocycles. The molecule has 0 radical (unpaired) electrons. The molecule has 6 nitrogen and oxygen atoms in total. The first kappa shape index (κ1) is 18.4. The fourth-order valence-corrected chi connectivity index (χ4v) is 2.58. The summed E-state index contributed by atoms with van der Waals surface area (Å²) < 4.78 is 5.28. The van der Waals surface area contributed by atoms with Crippen LogP contribution in [0.3, 0.4) is 0 Å². The lowest BCUT2D eigenvalue weighted by molar-refractivity contribution is 0.102. The maximum Gasteiger partial charge on any atom is 0.258 e. The molecule has 2 N–H and O–H groups in total. The summed E-state index contributed by atoms with van der Waals surface area (Å²) in [5.41, 5.74) is 4.16. The van der Waals surface area contributed by atoms with E-state index in [1.807, 2.05) is 37.3 Å². The van der Waals surface area contributed by atoms with Crippen LogP contribution in [0.25, 0.3) is 0 Å². The average Bonchev–Trinajstić information content (AvgIpc) is 2.69. The van der Waals surface area contributed by atoms with Gasteiger partial charge >= 0.3 is 0 Å². The van der Waals surface area contributed by atoms with Crippen molar-refractivity contribution < 1.29 is 9.53 Å². The van der Waals surface area contributed by atoms with Crippen molar-refractivity contribution >= 4 is 23.2 Å². The van der Waals surface area contributed by atoms with Crippen molar-refractivity contribution in [3.05, 3.63) is 71.5 Å². The molecule has 3 aromatic rings. The van der Waals surface area contributed by atoms with Crippen LogP contribution in [0.5, 0.6) is 5.75 Å². The number of amides is 1. The Morgan fingerprint density at radius 1 is 1.07 bits per heavy atom. The maximum atomic E-state index is 12.5. The number of aromatic nitrogens is 2. The summed E-state index contributed by atoms with van der Waals surface area (Å²) in [4.78, 5) is 20.9. The first-order valence-corrected chi connectivity index (χ1v) is 8.73. The number of aryl methyl sites for hydroxylation is 2. The third-order valence-corrected chi connectivity index (χ3v) is 4.14. The molecule has 138 valence electrons. The molecule has 0 atom stereocenters. The minimum Gasteiger partial charge on any atom is -0.495 e. The minimum absolute atomic E-state index is 0.294. The number of benzene rings is 2. The van der Waals surface area contributed by atoms with E-state index >= 15 is 0 Å². The van der Waals surface area contributed by atoms with Gasteiger partial charge in [-0.2, -0.15) is 0 Å². The van der Waals surface area contributed by atoms with E-state index in [1.165, 1.54) is 18.0 Å². The van der Waals surface area contributed by atoms with Crippen LogP contribution in [-0.2, 0) is 6.42 Å². The van der Waals surface area contributed by atoms with Gasteiger partial charge < -0.3 is 15.4 Å². The highest BCUT2D eigenvalue weighted by Crippen LogP contribution is 2.25. The van der Waals surface area contributed by atoms with E-state index in [9.17, 15) is 4.79 Å². The number of anilines is 3. The summed E-state index contributed by atoms with van der Waals surface area (Å²) in [6.45, 7) is 4.06. The Hall–Kier alpha value is -3.41. The highest BCUT2D eigenvalue weighted by atomic mass is 16.5. The van der Waals surface area contributed by atoms with Crippen molar-refractivity contribution in [1.29, 1.82) is 0 Å². The molecule has 0 spiro atoms. The number of carbonyl (C=O) groups is 1. The summed E-state index contributed by atoms with van der Waals surface area (Å²) in [6, 6.07) is 13.7. The summed E-state index contributed by atoms with van der Waals surface area (Å²) >= 11 is 0. The van der Waals surface area contributed by atoms with Crippen LogP contribution < -0.4 is 15.4 Å². The van der Waals surface area contributed by atoms with E-state index in [1.54, 1.807) is 7.11 Å². The van der Waals surface area contributed by atoms with E-state index in [-0.39, 0.29) is 5.91 Å². The molecular formula is C21H22N4O2. The van der Waals surface area contributed by atoms with E-state index in [0.717, 1.165) is 17.7 Å². The lowest BCUT2D eigenvalue weighted by atomic mass is 10.1. The smallest absolute Gasteiger partial charge is 0.258 e. The van der Waals surface area contributed by atoms with Crippen molar-refractivity contribution in [1.82, 2.24) is 9.97 Å². The molecule has 0 aliphatic rings. The number of nitrogens with one attached hydrogen (secondary N) is 2. The monoisotopic (exact) mass is 362 g/mol. The second-order valence-electron chi connectivity index (χ2n) is 6.13. The van der Waals surface area contributed by atoms with Gasteiger partial charge in [-0.3, -0.25) is 4.79 Å². The Balaban J connectivity index is 1.69. The molecule has 1 amide bonds. The third-order valence-electron chi connectivity index (χ3n) is 4.14. The molecule has 0 saturated carbocycles. The fourth-order valence-electron chi connectivity index (χ4n) is 2.58. The average molecular weight is 362 g/mol. The Morgan fingerprint density at radius 2 is 1.78 bits per heavy atom. The van der Waals surface area contributed by atoms with Crippen LogP contribution in [0.15, 0.2) is 54.9 Å². The van der Waals surface area contributed by atoms with Crippen LogP contribution in [0, 0.1) is 6.92 Å². The van der Waals surface area contributed by atoms with Crippen molar-refractivity contribution in [2.75, 3.05) is 17.7 Å². The number of rotatable bonds is 6. The van der Waals surface area contributed by atoms with E-state index < -0.39 is 0 Å². The fraction of sp³-hybridized carbons (Fsp3) is 0.190. The van der Waals surface area contributed by atoms with Crippen molar-refractivity contribution in [2.24, 2.45) is 0 Å². The number of carbonyl (C=O) groups excluding carboxylic acids is 1. The van der Waals surface area contributed by atoms with Gasteiger partial charge in [-0.05, 0) is 48.7 Å². The molecule has 2 aromatic carbocycles. The van der Waals surface area contributed by atoms with E-state index in [2.05, 4.69) is 39.7 Å². The van der Waals surface area contributed by atoms with Crippen LogP contribution >= 0.6 is 0 Å². The zero-order valence-electron chi connectivity index (χ0n) is 15.6. The standard InChI is InChI=1S/C21H22N4O2/c1-4-15-6-8-17(9-7-15)24-21-22-12-16(13-23-21)20(26)25-18-11-14(2)5-10-19(18)27-3/h5-13H,4H2,1-3H3,(H,25,26)(H,22,23,24). The highest BCUT2D eigenvalue weighted by Gasteiger charge is 2.11. The zero-order valence-corrected chi connectivity index (χ0v) is 15.6. The van der Waals surface area contributed by atoms with Gasteiger partial charge in [0.25, 0.3) is 5.91 Å². The van der Waals surface area contributed by atoms with Gasteiger partial charge in [0.2, 0.25) is 5.95 Å². The molecular weight excluding hydrogens is 340 g/mol. The Labute approximate surface area is 158 Å². The van der Waals surface area contributed by atoms with Gasteiger partial charge in [0.05, 0.1) is 18.4 Å². The van der Waals surface area contributed by atoms with Crippen molar-refractivity contribution in [2.45, 2.75) is 20.3 Å². The van der Waals surface area contributed by atoms with Crippen LogP contribution in [-0.4, -0.2) is 23.0 Å². The number of methoxy groups -OCH3 is 1. The topological polar surface area (TPSA) is 76.1 Å². The van der Waals surface area contributed by atoms with Crippen LogP contribution in [0.2, 0.25) is 0 Å². The quantitative estimate of drug-likeness (QED) is 0.682. The molecule has 0 bridgehead atoms. The first-order valence-electron chi connectivity index (χ1n) is 8.73. The molecule has 3 rings (SSSR count). The molecule has 6 heteroatoms. The number of nitrogens with zero attached hydrogens (tertiary/aromatic N) is 2. The number of hydrogen-bond acceptors (Lipinski definition) is 5. The molecule has 27 heavy (non-hydrogen) atoms. The highest BCUT2D eigenvalue weighted by molar-refractivity contribution is 6.04. The summed E-state index contributed by atoms with van der Waals surface area (Å²) in [5, 5.41) is 5.96. The zero-order chi connectivity index (χ0) is 19.2. The summed E-state index contributed by atoms with van der Waals surface area (Å²) in [5.74, 6) is 0.741. The van der Waals surface area contributed by atoms with Gasteiger partial charge in [0.1, 0.15) is 5.75 Å². The normalized spacial score (nSPS) is 10.3. The van der Waals surface area contributed by atoms with Crippen molar-refractivity contribution in [3.63, 3.8) is 0 Å². The predicted octanol–water partition coefficient (Wildman–Crippen LogP) is 4.35. The van der Waals surface area contributed by atoms with E-state index in [4.69, 9.17) is 4.74 Å². The van der Waals surface area contributed by atoms with Gasteiger partial charge in [0.15, 0.2) is 0 Å². The van der Waals surface area contributed by atoms with Gasteiger partial charge in [-0.1, -0.05) is 25.1 Å². The summed E-state index contributed by atoms with van der Waals surface area (Å²) in [6.07, 6.45) is 3.98. The second-order valence-corrected chi connectivity index (χ2v) is 6.13. The molecule has 0 fully saturated rings. The van der Waals surface area contributed by atoms with Gasteiger partial charge in [-0.15, -0.1) is 0 Å². The lowest BCUT2D eigenvalue weighted by Crippen LogP contribution is -2.14. The van der Waals surface area contributed by atoms with Gasteiger partial charge in [-0.25, -0.2) is 9.97 Å². The Morgan fingerprint density at radius 3 is 2.41 bits per heavy atom. The number of hydrogen-bond donors (Lipinski definition) is 2. The third kappa shape index (κ3) is 4.61. The molecule has 1 heterocycles. The first-order chi connectivity index (χ1) is 13.1. The Bertz CT molecular complexity index is 922. The largest absolute Gasteiger partial charge is 0.495 e. The maximum absolute atomic E-state index is 12.5. The second kappa shape index (κ2) is 8.31. The lowest BCUT2D eigenvalue weighted by Gasteiger charge is -2.11.